The Labute approximate surface area is 181 Å². The number of carbonyl (C=O) groups is 1. The Bertz CT molecular complexity index is 369. The molecule has 0 saturated heterocycles. The molecule has 29 heavy (non-hydrogen) atoms. The molecule has 0 aromatic heterocycles. The smallest absolute Gasteiger partial charge is 0.309 e. The van der Waals surface area contributed by atoms with Crippen molar-refractivity contribution in [3.63, 3.8) is 0 Å². The lowest BCUT2D eigenvalue weighted by Gasteiger charge is -2.08. The summed E-state index contributed by atoms with van der Waals surface area (Å²) >= 11 is 0. The highest BCUT2D eigenvalue weighted by Crippen LogP contribution is 2.10. The molecule has 0 aliphatic heterocycles. The fourth-order valence-corrected chi connectivity index (χ4v) is 3.25. The molecule has 0 aliphatic carbocycles. The van der Waals surface area contributed by atoms with Gasteiger partial charge in [0.05, 0.1) is 6.61 Å². The minimum atomic E-state index is -0.242. The van der Waals surface area contributed by atoms with Gasteiger partial charge in [-0.2, -0.15) is 4.89 Å². The summed E-state index contributed by atoms with van der Waals surface area (Å²) in [5, 5.41) is 0. The van der Waals surface area contributed by atoms with E-state index in [9.17, 15) is 4.79 Å². The second kappa shape index (κ2) is 23.4. The van der Waals surface area contributed by atoms with Gasteiger partial charge in [-0.3, -0.25) is 4.89 Å². The van der Waals surface area contributed by atoms with Crippen molar-refractivity contribution in [3.8, 4) is 0 Å². The number of hydrogen-bond acceptors (Lipinski definition) is 4. The van der Waals surface area contributed by atoms with E-state index in [1.54, 1.807) is 0 Å². The third kappa shape index (κ3) is 25.1. The first-order valence-electron chi connectivity index (χ1n) is 12.3. The van der Waals surface area contributed by atoms with Crippen LogP contribution in [0.2, 0.25) is 0 Å². The van der Waals surface area contributed by atoms with Crippen LogP contribution >= 0.6 is 0 Å². The molecule has 4 nitrogen and oxygen atoms in total. The molecule has 0 heterocycles. The van der Waals surface area contributed by atoms with Crippen LogP contribution in [0.4, 0.5) is 0 Å². The number of nitrogens with zero attached hydrogens (tertiary/aromatic N) is 1. The summed E-state index contributed by atoms with van der Waals surface area (Å²) in [7, 11) is 4.08. The largest absolute Gasteiger partial charge is 0.342 e. The molecule has 0 radical (unpaired) electrons. The van der Waals surface area contributed by atoms with E-state index in [0.717, 1.165) is 32.2 Å². The van der Waals surface area contributed by atoms with Gasteiger partial charge in [0.15, 0.2) is 0 Å². The van der Waals surface area contributed by atoms with Crippen molar-refractivity contribution >= 4 is 5.97 Å². The van der Waals surface area contributed by atoms with Gasteiger partial charge < -0.3 is 4.90 Å². The maximum absolute atomic E-state index is 11.5. The van der Waals surface area contributed by atoms with Gasteiger partial charge in [-0.25, -0.2) is 4.79 Å². The highest BCUT2D eigenvalue weighted by Gasteiger charge is 2.04. The fraction of sp³-hybridized carbons (Fsp3) is 0.880. The van der Waals surface area contributed by atoms with Crippen molar-refractivity contribution in [2.75, 3.05) is 27.2 Å². The molecular weight excluding hydrogens is 362 g/mol. The van der Waals surface area contributed by atoms with Gasteiger partial charge in [-0.1, -0.05) is 76.9 Å². The molecule has 0 aromatic rings. The first-order chi connectivity index (χ1) is 14.2. The predicted molar refractivity (Wildman–Crippen MR) is 124 cm³/mol. The van der Waals surface area contributed by atoms with Crippen molar-refractivity contribution < 1.29 is 14.6 Å². The minimum Gasteiger partial charge on any atom is -0.309 e. The molecule has 0 aromatic carbocycles. The van der Waals surface area contributed by atoms with Crippen LogP contribution in [0.25, 0.3) is 0 Å². The van der Waals surface area contributed by atoms with Crippen molar-refractivity contribution in [2.45, 2.75) is 116 Å². The van der Waals surface area contributed by atoms with Crippen LogP contribution in [-0.4, -0.2) is 38.1 Å². The topological polar surface area (TPSA) is 38.8 Å². The average Bonchev–Trinajstić information content (AvgIpc) is 2.70. The Morgan fingerprint density at radius 1 is 0.724 bits per heavy atom. The van der Waals surface area contributed by atoms with Gasteiger partial charge in [0.1, 0.15) is 0 Å². The normalized spacial score (nSPS) is 11.6. The molecule has 172 valence electrons. The third-order valence-corrected chi connectivity index (χ3v) is 5.13. The Morgan fingerprint density at radius 2 is 1.28 bits per heavy atom. The van der Waals surface area contributed by atoms with E-state index in [2.05, 4.69) is 24.0 Å². The van der Waals surface area contributed by atoms with Crippen LogP contribution < -0.4 is 0 Å². The second-order valence-electron chi connectivity index (χ2n) is 8.48. The summed E-state index contributed by atoms with van der Waals surface area (Å²) < 4.78 is 0. The Hall–Kier alpha value is -0.870. The standard InChI is InChI=1S/C25H49NO3/c1-4-5-6-7-8-9-10-11-12-13-14-15-16-17-18-21-24-28-29-25(27)22-19-20-23-26(2)3/h11-12H,4-10,13-24H2,1-3H3/b12-11-. The molecule has 0 N–H and O–H groups in total. The maximum Gasteiger partial charge on any atom is 0.342 e. The first kappa shape index (κ1) is 28.1. The van der Waals surface area contributed by atoms with Gasteiger partial charge >= 0.3 is 5.97 Å². The lowest BCUT2D eigenvalue weighted by molar-refractivity contribution is -0.272. The molecule has 0 rings (SSSR count). The van der Waals surface area contributed by atoms with E-state index >= 15 is 0 Å². The van der Waals surface area contributed by atoms with Gasteiger partial charge in [-0.05, 0) is 65.6 Å². The molecule has 0 bridgehead atoms. The van der Waals surface area contributed by atoms with E-state index in [0.29, 0.717) is 13.0 Å². The van der Waals surface area contributed by atoms with Gasteiger partial charge in [0.25, 0.3) is 0 Å². The summed E-state index contributed by atoms with van der Waals surface area (Å²) in [5.41, 5.74) is 0. The van der Waals surface area contributed by atoms with Crippen molar-refractivity contribution in [2.24, 2.45) is 0 Å². The molecular formula is C25H49NO3. The van der Waals surface area contributed by atoms with E-state index in [1.165, 1.54) is 77.0 Å². The summed E-state index contributed by atoms with van der Waals surface area (Å²) in [6.07, 6.45) is 25.1. The van der Waals surface area contributed by atoms with Crippen LogP contribution in [-0.2, 0) is 14.6 Å². The van der Waals surface area contributed by atoms with Crippen LogP contribution in [0, 0.1) is 0 Å². The summed E-state index contributed by atoms with van der Waals surface area (Å²) in [4.78, 5) is 23.5. The Balaban J connectivity index is 3.18. The van der Waals surface area contributed by atoms with Crippen LogP contribution in [0.5, 0.6) is 0 Å². The zero-order chi connectivity index (χ0) is 21.4. The van der Waals surface area contributed by atoms with Crippen LogP contribution in [0.1, 0.15) is 116 Å². The molecule has 0 spiro atoms. The number of unbranched alkanes of at least 4 members (excludes halogenated alkanes) is 13. The van der Waals surface area contributed by atoms with Gasteiger partial charge in [-0.15, -0.1) is 0 Å². The Kier molecular flexibility index (Phi) is 22.7. The monoisotopic (exact) mass is 411 g/mol. The first-order valence-corrected chi connectivity index (χ1v) is 12.3. The Morgan fingerprint density at radius 3 is 1.86 bits per heavy atom. The lowest BCUT2D eigenvalue weighted by atomic mass is 10.1. The van der Waals surface area contributed by atoms with E-state index in [4.69, 9.17) is 9.78 Å². The van der Waals surface area contributed by atoms with Gasteiger partial charge in [0.2, 0.25) is 0 Å². The van der Waals surface area contributed by atoms with Gasteiger partial charge in [0, 0.05) is 6.42 Å². The lowest BCUT2D eigenvalue weighted by Crippen LogP contribution is -2.13. The molecule has 0 unspecified atom stereocenters. The minimum absolute atomic E-state index is 0.242. The summed E-state index contributed by atoms with van der Waals surface area (Å²) in [6.45, 7) is 3.79. The van der Waals surface area contributed by atoms with E-state index in [1.807, 2.05) is 14.1 Å². The molecule has 0 fully saturated rings. The highest BCUT2D eigenvalue weighted by molar-refractivity contribution is 5.68. The van der Waals surface area contributed by atoms with E-state index < -0.39 is 0 Å². The van der Waals surface area contributed by atoms with Crippen molar-refractivity contribution in [3.05, 3.63) is 12.2 Å². The number of rotatable bonds is 22. The zero-order valence-electron chi connectivity index (χ0n) is 19.8. The molecule has 0 atom stereocenters. The second-order valence-corrected chi connectivity index (χ2v) is 8.48. The number of hydrogen-bond donors (Lipinski definition) is 0. The molecule has 0 aliphatic rings. The maximum atomic E-state index is 11.5. The number of allylic oxidation sites excluding steroid dienone is 2. The molecule has 0 saturated carbocycles. The quantitative estimate of drug-likeness (QED) is 0.0815. The summed E-state index contributed by atoms with van der Waals surface area (Å²) in [5.74, 6) is -0.242. The predicted octanol–water partition coefficient (Wildman–Crippen LogP) is 7.23. The zero-order valence-corrected chi connectivity index (χ0v) is 19.8. The SMILES string of the molecule is CCCCCCCC/C=C\CCCCCCCCOOC(=O)CCCCN(C)C. The third-order valence-electron chi connectivity index (χ3n) is 5.13. The van der Waals surface area contributed by atoms with Crippen LogP contribution in [0.15, 0.2) is 12.2 Å². The van der Waals surface area contributed by atoms with E-state index in [-0.39, 0.29) is 5.97 Å². The fourth-order valence-electron chi connectivity index (χ4n) is 3.25. The van der Waals surface area contributed by atoms with Crippen LogP contribution in [0.3, 0.4) is 0 Å². The number of carbonyl (C=O) groups excluding carboxylic acids is 1. The summed E-state index contributed by atoms with van der Waals surface area (Å²) in [6, 6.07) is 0. The average molecular weight is 412 g/mol. The molecule has 0 amide bonds. The molecule has 4 heteroatoms. The highest BCUT2D eigenvalue weighted by atomic mass is 17.2. The van der Waals surface area contributed by atoms with Crippen molar-refractivity contribution in [1.82, 2.24) is 4.90 Å². The van der Waals surface area contributed by atoms with Crippen molar-refractivity contribution in [1.29, 1.82) is 0 Å².